The Bertz CT molecular complexity index is 1170. The number of nitrogens with one attached hydrogen (secondary N) is 1. The van der Waals surface area contributed by atoms with Crippen molar-refractivity contribution in [3.05, 3.63) is 80.3 Å². The third-order valence-corrected chi connectivity index (χ3v) is 4.77. The minimum Gasteiger partial charge on any atom is -0.463 e. The maximum absolute atomic E-state index is 5.58. The van der Waals surface area contributed by atoms with Crippen molar-refractivity contribution < 1.29 is 8.83 Å². The van der Waals surface area contributed by atoms with E-state index in [-0.39, 0.29) is 0 Å². The Morgan fingerprint density at radius 1 is 0.933 bits per heavy atom. The van der Waals surface area contributed by atoms with Gasteiger partial charge in [0.1, 0.15) is 11.4 Å². The summed E-state index contributed by atoms with van der Waals surface area (Å²) in [4.78, 5) is 11.5. The van der Waals surface area contributed by atoms with Crippen LogP contribution >= 0.6 is 12.2 Å². The summed E-state index contributed by atoms with van der Waals surface area (Å²) < 4.78 is 11.1. The van der Waals surface area contributed by atoms with Crippen LogP contribution in [0.1, 0.15) is 0 Å². The lowest BCUT2D eigenvalue weighted by molar-refractivity contribution is 0.522. The van der Waals surface area contributed by atoms with Gasteiger partial charge in [-0.3, -0.25) is 0 Å². The van der Waals surface area contributed by atoms with Crippen molar-refractivity contribution in [1.29, 1.82) is 0 Å². The zero-order valence-electron chi connectivity index (χ0n) is 16.2. The molecule has 0 aliphatic carbocycles. The molecule has 0 fully saturated rings. The highest BCUT2D eigenvalue weighted by Crippen LogP contribution is 2.32. The minimum atomic E-state index is 0.584. The Morgan fingerprint density at radius 2 is 1.53 bits per heavy atom. The summed E-state index contributed by atoms with van der Waals surface area (Å²) in [6.45, 7) is 8.81. The molecule has 3 heterocycles. The summed E-state index contributed by atoms with van der Waals surface area (Å²) in [6.07, 6.45) is 6.82. The molecule has 0 bridgehead atoms. The van der Waals surface area contributed by atoms with Gasteiger partial charge in [0.2, 0.25) is 0 Å². The largest absolute Gasteiger partial charge is 0.463 e. The van der Waals surface area contributed by atoms with Gasteiger partial charge >= 0.3 is 0 Å². The van der Waals surface area contributed by atoms with E-state index in [2.05, 4.69) is 18.5 Å². The highest BCUT2D eigenvalue weighted by Gasteiger charge is 2.17. The van der Waals surface area contributed by atoms with E-state index in [1.54, 1.807) is 24.7 Å². The van der Waals surface area contributed by atoms with Crippen molar-refractivity contribution in [3.63, 3.8) is 0 Å². The molecule has 0 radical (unpaired) electrons. The smallest absolute Gasteiger partial charge is 0.173 e. The molecule has 6 nitrogen and oxygen atoms in total. The average molecular weight is 417 g/mol. The van der Waals surface area contributed by atoms with Gasteiger partial charge < -0.3 is 19.1 Å². The number of rotatable bonds is 7. The fourth-order valence-corrected chi connectivity index (χ4v) is 3.32. The van der Waals surface area contributed by atoms with Crippen molar-refractivity contribution in [3.8, 4) is 22.9 Å². The first-order chi connectivity index (χ1) is 14.7. The minimum absolute atomic E-state index is 0.584. The second kappa shape index (κ2) is 8.75. The van der Waals surface area contributed by atoms with Crippen molar-refractivity contribution in [2.45, 2.75) is 0 Å². The predicted molar refractivity (Wildman–Crippen MR) is 123 cm³/mol. The number of benzene rings is 1. The van der Waals surface area contributed by atoms with E-state index in [1.165, 1.54) is 0 Å². The predicted octanol–water partition coefficient (Wildman–Crippen LogP) is 5.52. The molecule has 4 aromatic rings. The second-order valence-electron chi connectivity index (χ2n) is 6.49. The van der Waals surface area contributed by atoms with Gasteiger partial charge in [-0.25, -0.2) is 9.97 Å². The topological polar surface area (TPSA) is 67.3 Å². The van der Waals surface area contributed by atoms with Crippen LogP contribution in [0.15, 0.2) is 89.1 Å². The molecule has 3 aromatic heterocycles. The van der Waals surface area contributed by atoms with E-state index in [9.17, 15) is 0 Å². The monoisotopic (exact) mass is 416 g/mol. The van der Waals surface area contributed by atoms with Crippen molar-refractivity contribution >= 4 is 34.1 Å². The van der Waals surface area contributed by atoms with E-state index in [4.69, 9.17) is 31.0 Å². The Labute approximate surface area is 179 Å². The molecular formula is C23H20N4O2S. The summed E-state index contributed by atoms with van der Waals surface area (Å²) >= 11 is 5.53. The number of fused-ring (bicyclic) bond motifs is 1. The zero-order chi connectivity index (χ0) is 20.9. The Morgan fingerprint density at radius 3 is 2.07 bits per heavy atom. The number of nitrogens with zero attached hydrogens (tertiary/aromatic N) is 3. The molecule has 30 heavy (non-hydrogen) atoms. The van der Waals surface area contributed by atoms with Gasteiger partial charge in [-0.05, 0) is 54.7 Å². The summed E-state index contributed by atoms with van der Waals surface area (Å²) in [6, 6.07) is 13.1. The van der Waals surface area contributed by atoms with Gasteiger partial charge in [0.15, 0.2) is 16.6 Å². The van der Waals surface area contributed by atoms with Crippen molar-refractivity contribution in [2.75, 3.05) is 18.4 Å². The summed E-state index contributed by atoms with van der Waals surface area (Å²) in [5.74, 6) is 1.25. The maximum Gasteiger partial charge on any atom is 0.173 e. The molecule has 1 N–H and O–H groups in total. The molecule has 0 aliphatic heterocycles. The van der Waals surface area contributed by atoms with Gasteiger partial charge in [-0.15, -0.1) is 13.2 Å². The normalized spacial score (nSPS) is 10.7. The van der Waals surface area contributed by atoms with Gasteiger partial charge in [0.05, 0.1) is 23.6 Å². The molecule has 1 aromatic carbocycles. The molecule has 150 valence electrons. The fourth-order valence-electron chi connectivity index (χ4n) is 3.06. The van der Waals surface area contributed by atoms with Crippen LogP contribution in [0.25, 0.3) is 33.9 Å². The lowest BCUT2D eigenvalue weighted by Crippen LogP contribution is -2.34. The Kier molecular flexibility index (Phi) is 5.72. The first-order valence-electron chi connectivity index (χ1n) is 9.37. The van der Waals surface area contributed by atoms with E-state index in [1.807, 2.05) is 47.4 Å². The molecule has 4 rings (SSSR count). The molecule has 0 spiro atoms. The summed E-state index contributed by atoms with van der Waals surface area (Å²) in [7, 11) is 0. The molecule has 0 saturated heterocycles. The number of aromatic nitrogens is 2. The molecule has 7 heteroatoms. The highest BCUT2D eigenvalue weighted by molar-refractivity contribution is 7.80. The van der Waals surface area contributed by atoms with Crippen LogP contribution < -0.4 is 5.32 Å². The molecular weight excluding hydrogens is 396 g/mol. The van der Waals surface area contributed by atoms with E-state index in [0.29, 0.717) is 46.6 Å². The SMILES string of the molecule is C=CCN(CC=C)C(=S)Nc1ccc2nc(-c3ccco3)c(-c3ccco3)nc2c1. The number of hydrogen-bond acceptors (Lipinski definition) is 5. The number of furan rings is 2. The molecule has 0 amide bonds. The first kappa shape index (κ1) is 19.6. The van der Waals surface area contributed by atoms with Crippen molar-refractivity contribution in [2.24, 2.45) is 0 Å². The Balaban J connectivity index is 1.72. The molecule has 0 aliphatic rings. The third kappa shape index (κ3) is 4.01. The van der Waals surface area contributed by atoms with Crippen LogP contribution in [0.5, 0.6) is 0 Å². The second-order valence-corrected chi connectivity index (χ2v) is 6.88. The van der Waals surface area contributed by atoms with Crippen LogP contribution in [0.3, 0.4) is 0 Å². The van der Waals surface area contributed by atoms with Crippen LogP contribution in [-0.4, -0.2) is 33.1 Å². The average Bonchev–Trinajstić information content (AvgIpc) is 3.47. The van der Waals surface area contributed by atoms with Gasteiger partial charge in [0, 0.05) is 18.8 Å². The number of thiocarbonyl (C=S) groups is 1. The standard InChI is InChI=1S/C23H20N4O2S/c1-3-11-27(12-4-2)23(30)24-16-9-10-17-18(15-16)26-22(20-8-6-14-29-20)21(25-17)19-7-5-13-28-19/h3-10,13-15H,1-2,11-12H2,(H,24,30). The van der Waals surface area contributed by atoms with Gasteiger partial charge in [-0.2, -0.15) is 0 Å². The third-order valence-electron chi connectivity index (χ3n) is 4.41. The van der Waals surface area contributed by atoms with Crippen LogP contribution in [0, 0.1) is 0 Å². The zero-order valence-corrected chi connectivity index (χ0v) is 17.1. The number of hydrogen-bond donors (Lipinski definition) is 1. The van der Waals surface area contributed by atoms with Gasteiger partial charge in [0.25, 0.3) is 0 Å². The molecule has 0 unspecified atom stereocenters. The first-order valence-corrected chi connectivity index (χ1v) is 9.77. The van der Waals surface area contributed by atoms with Gasteiger partial charge in [-0.1, -0.05) is 12.2 Å². The van der Waals surface area contributed by atoms with Crippen LogP contribution in [0.2, 0.25) is 0 Å². The molecule has 0 atom stereocenters. The van der Waals surface area contributed by atoms with Crippen molar-refractivity contribution in [1.82, 2.24) is 14.9 Å². The van der Waals surface area contributed by atoms with Crippen LogP contribution in [-0.2, 0) is 0 Å². The highest BCUT2D eigenvalue weighted by atomic mass is 32.1. The summed E-state index contributed by atoms with van der Waals surface area (Å²) in [5.41, 5.74) is 3.51. The summed E-state index contributed by atoms with van der Waals surface area (Å²) in [5, 5.41) is 3.84. The lowest BCUT2D eigenvalue weighted by Gasteiger charge is -2.23. The van der Waals surface area contributed by atoms with E-state index in [0.717, 1.165) is 11.2 Å². The number of anilines is 1. The van der Waals surface area contributed by atoms with Crippen LogP contribution in [0.4, 0.5) is 5.69 Å². The maximum atomic E-state index is 5.58. The molecule has 0 saturated carbocycles. The fraction of sp³-hybridized carbons (Fsp3) is 0.0870. The quantitative estimate of drug-likeness (QED) is 0.314. The lowest BCUT2D eigenvalue weighted by atomic mass is 10.1. The van der Waals surface area contributed by atoms with E-state index >= 15 is 0 Å². The Hall–Kier alpha value is -3.71. The van der Waals surface area contributed by atoms with E-state index < -0.39 is 0 Å².